The first-order valence-electron chi connectivity index (χ1n) is 5.67. The summed E-state index contributed by atoms with van der Waals surface area (Å²) in [5.41, 5.74) is 1.20. The topological polar surface area (TPSA) is 47.6 Å². The first kappa shape index (κ1) is 13.5. The van der Waals surface area contributed by atoms with Gasteiger partial charge in [0.05, 0.1) is 20.3 Å². The van der Waals surface area contributed by atoms with Crippen LogP contribution in [0, 0.1) is 0 Å². The maximum Gasteiger partial charge on any atom is 0.222 e. The van der Waals surface area contributed by atoms with Crippen LogP contribution < -0.4 is 10.1 Å². The third-order valence-electron chi connectivity index (χ3n) is 2.45. The van der Waals surface area contributed by atoms with E-state index in [9.17, 15) is 4.79 Å². The highest BCUT2D eigenvalue weighted by Crippen LogP contribution is 2.11. The van der Waals surface area contributed by atoms with Gasteiger partial charge < -0.3 is 14.8 Å². The number of carbonyl (C=O) groups is 1. The number of nitrogens with one attached hydrogen (secondary N) is 1. The fraction of sp³-hybridized carbons (Fsp3) is 0.462. The van der Waals surface area contributed by atoms with Gasteiger partial charge in [0.2, 0.25) is 5.91 Å². The molecule has 0 saturated carbocycles. The second-order valence-corrected chi connectivity index (χ2v) is 3.63. The average molecular weight is 237 g/mol. The van der Waals surface area contributed by atoms with Gasteiger partial charge in [-0.2, -0.15) is 0 Å². The van der Waals surface area contributed by atoms with Gasteiger partial charge in [0.25, 0.3) is 0 Å². The molecule has 1 amide bonds. The molecule has 1 N–H and O–H groups in total. The summed E-state index contributed by atoms with van der Waals surface area (Å²) < 4.78 is 10.4. The Labute approximate surface area is 102 Å². The van der Waals surface area contributed by atoms with Gasteiger partial charge in [-0.1, -0.05) is 12.1 Å². The van der Waals surface area contributed by atoms with Crippen molar-refractivity contribution in [2.24, 2.45) is 0 Å². The maximum absolute atomic E-state index is 10.9. The number of hydrogen-bond donors (Lipinski definition) is 1. The van der Waals surface area contributed by atoms with E-state index >= 15 is 0 Å². The van der Waals surface area contributed by atoms with Crippen LogP contribution in [0.5, 0.6) is 5.75 Å². The summed E-state index contributed by atoms with van der Waals surface area (Å²) >= 11 is 0. The van der Waals surface area contributed by atoms with Crippen molar-refractivity contribution in [2.45, 2.75) is 12.8 Å². The molecule has 0 atom stereocenters. The normalized spacial score (nSPS) is 10.0. The lowest BCUT2D eigenvalue weighted by Crippen LogP contribution is -2.19. The molecule has 0 aromatic heterocycles. The third kappa shape index (κ3) is 5.36. The first-order valence-corrected chi connectivity index (χ1v) is 5.67. The minimum atomic E-state index is 0.00875. The Kier molecular flexibility index (Phi) is 6.10. The molecule has 94 valence electrons. The number of amides is 1. The van der Waals surface area contributed by atoms with Crippen LogP contribution in [-0.4, -0.2) is 33.3 Å². The standard InChI is InChI=1S/C13H19NO3/c1-14-13(15)8-10-17-9-7-11-3-5-12(16-2)6-4-11/h3-6H,7-10H2,1-2H3,(H,14,15). The highest BCUT2D eigenvalue weighted by Gasteiger charge is 1.98. The molecule has 1 aromatic rings. The highest BCUT2D eigenvalue weighted by atomic mass is 16.5. The molecule has 0 aliphatic rings. The zero-order chi connectivity index (χ0) is 12.5. The van der Waals surface area contributed by atoms with Crippen molar-refractivity contribution in [3.63, 3.8) is 0 Å². The molecule has 1 rings (SSSR count). The minimum absolute atomic E-state index is 0.00875. The molecular formula is C13H19NO3. The van der Waals surface area contributed by atoms with Crippen LogP contribution in [0.15, 0.2) is 24.3 Å². The number of methoxy groups -OCH3 is 1. The van der Waals surface area contributed by atoms with Gasteiger partial charge >= 0.3 is 0 Å². The average Bonchev–Trinajstić information content (AvgIpc) is 2.38. The SMILES string of the molecule is CNC(=O)CCOCCc1ccc(OC)cc1. The number of carbonyl (C=O) groups excluding carboxylic acids is 1. The Morgan fingerprint density at radius 2 is 1.94 bits per heavy atom. The molecule has 17 heavy (non-hydrogen) atoms. The Morgan fingerprint density at radius 1 is 1.24 bits per heavy atom. The van der Waals surface area contributed by atoms with Gasteiger partial charge in [-0.25, -0.2) is 0 Å². The lowest BCUT2D eigenvalue weighted by Gasteiger charge is -2.05. The Hall–Kier alpha value is -1.55. The quantitative estimate of drug-likeness (QED) is 0.729. The summed E-state index contributed by atoms with van der Waals surface area (Å²) in [6, 6.07) is 7.89. The molecular weight excluding hydrogens is 218 g/mol. The smallest absolute Gasteiger partial charge is 0.222 e. The fourth-order valence-corrected chi connectivity index (χ4v) is 1.37. The van der Waals surface area contributed by atoms with Crippen LogP contribution in [0.3, 0.4) is 0 Å². The van der Waals surface area contributed by atoms with Crippen LogP contribution in [0.4, 0.5) is 0 Å². The Morgan fingerprint density at radius 3 is 2.53 bits per heavy atom. The van der Waals surface area contributed by atoms with Gasteiger partial charge in [0, 0.05) is 13.5 Å². The molecule has 0 bridgehead atoms. The van der Waals surface area contributed by atoms with E-state index in [4.69, 9.17) is 9.47 Å². The molecule has 0 aliphatic heterocycles. The van der Waals surface area contributed by atoms with Crippen molar-refractivity contribution in [3.05, 3.63) is 29.8 Å². The molecule has 1 aromatic carbocycles. The molecule has 0 aliphatic carbocycles. The van der Waals surface area contributed by atoms with Crippen LogP contribution in [0.25, 0.3) is 0 Å². The van der Waals surface area contributed by atoms with E-state index in [-0.39, 0.29) is 5.91 Å². The van der Waals surface area contributed by atoms with Gasteiger partial charge in [-0.3, -0.25) is 4.79 Å². The number of benzene rings is 1. The van der Waals surface area contributed by atoms with Gasteiger partial charge in [-0.05, 0) is 24.1 Å². The van der Waals surface area contributed by atoms with E-state index < -0.39 is 0 Å². The zero-order valence-corrected chi connectivity index (χ0v) is 10.4. The van der Waals surface area contributed by atoms with Crippen molar-refractivity contribution in [1.82, 2.24) is 5.32 Å². The van der Waals surface area contributed by atoms with E-state index in [2.05, 4.69) is 5.32 Å². The summed E-state index contributed by atoms with van der Waals surface area (Å²) in [4.78, 5) is 10.9. The Balaban J connectivity index is 2.15. The largest absolute Gasteiger partial charge is 0.497 e. The highest BCUT2D eigenvalue weighted by molar-refractivity contribution is 5.75. The third-order valence-corrected chi connectivity index (χ3v) is 2.45. The summed E-state index contributed by atoms with van der Waals surface area (Å²) in [5.74, 6) is 0.865. The number of ether oxygens (including phenoxy) is 2. The van der Waals surface area contributed by atoms with Crippen LogP contribution in [0.1, 0.15) is 12.0 Å². The van der Waals surface area contributed by atoms with Gasteiger partial charge in [0.1, 0.15) is 5.75 Å². The Bertz CT molecular complexity index is 335. The molecule has 0 radical (unpaired) electrons. The van der Waals surface area contributed by atoms with Crippen molar-refractivity contribution in [1.29, 1.82) is 0 Å². The lowest BCUT2D eigenvalue weighted by atomic mass is 10.1. The van der Waals surface area contributed by atoms with E-state index in [1.165, 1.54) is 5.56 Å². The van der Waals surface area contributed by atoms with Gasteiger partial charge in [-0.15, -0.1) is 0 Å². The maximum atomic E-state index is 10.9. The molecule has 0 heterocycles. The molecule has 4 heteroatoms. The molecule has 0 spiro atoms. The fourth-order valence-electron chi connectivity index (χ4n) is 1.37. The zero-order valence-electron chi connectivity index (χ0n) is 10.4. The summed E-state index contributed by atoms with van der Waals surface area (Å²) in [6.07, 6.45) is 1.26. The second kappa shape index (κ2) is 7.68. The van der Waals surface area contributed by atoms with E-state index in [0.29, 0.717) is 19.6 Å². The van der Waals surface area contributed by atoms with Crippen LogP contribution in [-0.2, 0) is 16.0 Å². The van der Waals surface area contributed by atoms with E-state index in [1.807, 2.05) is 24.3 Å². The van der Waals surface area contributed by atoms with Crippen molar-refractivity contribution < 1.29 is 14.3 Å². The molecule has 0 unspecified atom stereocenters. The van der Waals surface area contributed by atoms with Crippen LogP contribution in [0.2, 0.25) is 0 Å². The summed E-state index contributed by atoms with van der Waals surface area (Å²) in [5, 5.41) is 2.55. The predicted octanol–water partition coefficient (Wildman–Crippen LogP) is 1.39. The molecule has 4 nitrogen and oxygen atoms in total. The molecule has 0 fully saturated rings. The van der Waals surface area contributed by atoms with E-state index in [1.54, 1.807) is 14.2 Å². The molecule has 0 saturated heterocycles. The van der Waals surface area contributed by atoms with Crippen molar-refractivity contribution in [2.75, 3.05) is 27.4 Å². The number of hydrogen-bond acceptors (Lipinski definition) is 3. The monoisotopic (exact) mass is 237 g/mol. The summed E-state index contributed by atoms with van der Waals surface area (Å²) in [7, 11) is 3.27. The van der Waals surface area contributed by atoms with E-state index in [0.717, 1.165) is 12.2 Å². The van der Waals surface area contributed by atoms with Gasteiger partial charge in [0.15, 0.2) is 0 Å². The lowest BCUT2D eigenvalue weighted by molar-refractivity contribution is -0.121. The predicted molar refractivity (Wildman–Crippen MR) is 66.2 cm³/mol. The van der Waals surface area contributed by atoms with Crippen molar-refractivity contribution >= 4 is 5.91 Å². The minimum Gasteiger partial charge on any atom is -0.497 e. The number of rotatable bonds is 7. The second-order valence-electron chi connectivity index (χ2n) is 3.63. The summed E-state index contributed by atoms with van der Waals surface area (Å²) in [6.45, 7) is 1.10. The first-order chi connectivity index (χ1) is 8.26. The van der Waals surface area contributed by atoms with Crippen molar-refractivity contribution in [3.8, 4) is 5.75 Å². The van der Waals surface area contributed by atoms with Crippen LogP contribution >= 0.6 is 0 Å².